The number of nitrogens with zero attached hydrogens (tertiary/aromatic N) is 2. The molecule has 174 valence electrons. The van der Waals surface area contributed by atoms with Crippen LogP contribution in [-0.4, -0.2) is 39.1 Å². The molecule has 2 atom stereocenters. The number of alkyl halides is 2. The Hall–Kier alpha value is -2.39. The first-order valence-electron chi connectivity index (χ1n) is 11.1. The molecule has 32 heavy (non-hydrogen) atoms. The predicted molar refractivity (Wildman–Crippen MR) is 122 cm³/mol. The van der Waals surface area contributed by atoms with Crippen LogP contribution in [-0.2, 0) is 6.42 Å². The number of thiophene rings is 1. The van der Waals surface area contributed by atoms with Crippen molar-refractivity contribution in [3.05, 3.63) is 57.8 Å². The Kier molecular flexibility index (Phi) is 8.31. The van der Waals surface area contributed by atoms with Gasteiger partial charge in [-0.1, -0.05) is 13.8 Å². The van der Waals surface area contributed by atoms with Crippen molar-refractivity contribution < 1.29 is 13.6 Å². The van der Waals surface area contributed by atoms with Crippen molar-refractivity contribution in [2.45, 2.75) is 76.3 Å². The number of carbonyl (C=O) groups is 1. The van der Waals surface area contributed by atoms with Crippen molar-refractivity contribution in [2.24, 2.45) is 5.73 Å². The van der Waals surface area contributed by atoms with E-state index in [-0.39, 0.29) is 12.3 Å². The highest BCUT2D eigenvalue weighted by molar-refractivity contribution is 7.14. The number of rotatable bonds is 7. The topological polar surface area (TPSA) is 96.7 Å². The lowest BCUT2D eigenvalue weighted by Gasteiger charge is -2.36. The zero-order chi connectivity index (χ0) is 23.1. The quantitative estimate of drug-likeness (QED) is 0.553. The molecule has 0 aliphatic heterocycles. The Labute approximate surface area is 191 Å². The molecule has 1 aliphatic carbocycles. The molecule has 4 N–H and O–H groups in total. The van der Waals surface area contributed by atoms with E-state index in [2.05, 4.69) is 34.3 Å². The lowest BCUT2D eigenvalue weighted by Crippen LogP contribution is -2.59. The number of amides is 1. The molecule has 1 amide bonds. The summed E-state index contributed by atoms with van der Waals surface area (Å²) in [6.45, 7) is 4.22. The number of hydrogen-bond acceptors (Lipinski definition) is 5. The van der Waals surface area contributed by atoms with E-state index in [0.29, 0.717) is 24.1 Å². The van der Waals surface area contributed by atoms with Gasteiger partial charge in [-0.2, -0.15) is 5.10 Å². The lowest BCUT2D eigenvalue weighted by atomic mass is 9.87. The molecule has 0 saturated heterocycles. The molecule has 2 aromatic heterocycles. The van der Waals surface area contributed by atoms with Gasteiger partial charge in [0.2, 0.25) is 0 Å². The second-order valence-electron chi connectivity index (χ2n) is 8.19. The molecule has 0 radical (unpaired) electrons. The van der Waals surface area contributed by atoms with Gasteiger partial charge in [0, 0.05) is 42.4 Å². The zero-order valence-electron chi connectivity index (χ0n) is 18.5. The number of aromatic amines is 1. The van der Waals surface area contributed by atoms with E-state index >= 15 is 0 Å². The van der Waals surface area contributed by atoms with E-state index < -0.39 is 23.9 Å². The average molecular weight is 464 g/mol. The largest absolute Gasteiger partial charge is 0.341 e. The van der Waals surface area contributed by atoms with Gasteiger partial charge in [-0.3, -0.25) is 14.9 Å². The first kappa shape index (κ1) is 24.3. The van der Waals surface area contributed by atoms with Crippen LogP contribution in [0.5, 0.6) is 0 Å². The van der Waals surface area contributed by atoms with Crippen LogP contribution < -0.4 is 11.1 Å². The van der Waals surface area contributed by atoms with E-state index in [1.54, 1.807) is 36.8 Å². The molecule has 1 unspecified atom stereocenters. The zero-order valence-corrected chi connectivity index (χ0v) is 19.3. The molecule has 6 nitrogen and oxygen atoms in total. The summed E-state index contributed by atoms with van der Waals surface area (Å²) in [4.78, 5) is 18.7. The highest BCUT2D eigenvalue weighted by Crippen LogP contribution is 2.36. The summed E-state index contributed by atoms with van der Waals surface area (Å²) >= 11 is 1.37. The highest BCUT2D eigenvalue weighted by atomic mass is 32.1. The van der Waals surface area contributed by atoms with Crippen molar-refractivity contribution in [1.29, 1.82) is 0 Å². The van der Waals surface area contributed by atoms with E-state index in [4.69, 9.17) is 5.73 Å². The molecule has 0 aromatic carbocycles. The number of nitrogens with one attached hydrogen (secondary N) is 2. The van der Waals surface area contributed by atoms with Gasteiger partial charge >= 0.3 is 0 Å². The molecule has 3 rings (SSSR count). The molecule has 1 aliphatic rings. The highest BCUT2D eigenvalue weighted by Gasteiger charge is 2.46. The van der Waals surface area contributed by atoms with E-state index in [1.165, 1.54) is 11.3 Å². The van der Waals surface area contributed by atoms with Crippen LogP contribution in [0.25, 0.3) is 0 Å². The summed E-state index contributed by atoms with van der Waals surface area (Å²) in [6.07, 6.45) is 7.93. The van der Waals surface area contributed by atoms with Crippen LogP contribution in [0.4, 0.5) is 8.78 Å². The molecule has 2 aromatic rings. The number of H-pyrrole nitrogens is 1. The number of carbonyl (C=O) groups excluding carboxylic acids is 1. The van der Waals surface area contributed by atoms with Gasteiger partial charge in [-0.05, 0) is 55.4 Å². The predicted octanol–water partition coefficient (Wildman–Crippen LogP) is 4.73. The van der Waals surface area contributed by atoms with Crippen LogP contribution in [0.3, 0.4) is 0 Å². The monoisotopic (exact) mass is 463 g/mol. The first-order valence-corrected chi connectivity index (χ1v) is 11.9. The van der Waals surface area contributed by atoms with Gasteiger partial charge in [0.1, 0.15) is 6.04 Å². The molecule has 1 saturated carbocycles. The maximum Gasteiger partial charge on any atom is 0.269 e. The SMILES string of the molecule is CCC(CC)c1sc(C(=O)NC2[C@H](N)CCCC2(F)F)cc1Cc1cnccccn[nH]1. The summed E-state index contributed by atoms with van der Waals surface area (Å²) < 4.78 is 28.8. The third kappa shape index (κ3) is 5.89. The fourth-order valence-corrected chi connectivity index (χ4v) is 5.45. The van der Waals surface area contributed by atoms with Crippen molar-refractivity contribution >= 4 is 17.2 Å². The molecular formula is C23H31F2N5OS. The molecule has 0 spiro atoms. The third-order valence-electron chi connectivity index (χ3n) is 5.90. The number of nitrogens with two attached hydrogens (primary N) is 1. The van der Waals surface area contributed by atoms with Crippen LogP contribution >= 0.6 is 11.3 Å². The number of halogens is 2. The van der Waals surface area contributed by atoms with Gasteiger partial charge in [0.15, 0.2) is 0 Å². The van der Waals surface area contributed by atoms with Crippen molar-refractivity contribution in [3.63, 3.8) is 0 Å². The van der Waals surface area contributed by atoms with E-state index in [0.717, 1.165) is 29.0 Å². The molecular weight excluding hydrogens is 432 g/mol. The molecule has 0 bridgehead atoms. The summed E-state index contributed by atoms with van der Waals surface area (Å²) in [5.41, 5.74) is 7.69. The molecule has 9 heteroatoms. The lowest BCUT2D eigenvalue weighted by molar-refractivity contribution is -0.0674. The van der Waals surface area contributed by atoms with Crippen LogP contribution in [0, 0.1) is 0 Å². The maximum atomic E-state index is 14.4. The smallest absolute Gasteiger partial charge is 0.269 e. The number of aromatic nitrogens is 3. The third-order valence-corrected chi connectivity index (χ3v) is 7.24. The van der Waals surface area contributed by atoms with Crippen LogP contribution in [0.2, 0.25) is 0 Å². The summed E-state index contributed by atoms with van der Waals surface area (Å²) in [5.74, 6) is -3.21. The van der Waals surface area contributed by atoms with E-state index in [9.17, 15) is 13.6 Å². The minimum Gasteiger partial charge on any atom is -0.341 e. The molecule has 2 heterocycles. The average Bonchev–Trinajstić information content (AvgIpc) is 3.21. The van der Waals surface area contributed by atoms with Gasteiger partial charge < -0.3 is 11.1 Å². The van der Waals surface area contributed by atoms with Crippen molar-refractivity contribution in [3.8, 4) is 0 Å². The Morgan fingerprint density at radius 3 is 2.81 bits per heavy atom. The van der Waals surface area contributed by atoms with Gasteiger partial charge in [0.25, 0.3) is 11.8 Å². The normalized spacial score (nSPS) is 20.1. The second kappa shape index (κ2) is 11.0. The summed E-state index contributed by atoms with van der Waals surface area (Å²) in [5, 5.41) is 9.66. The maximum absolute atomic E-state index is 14.4. The fourth-order valence-electron chi connectivity index (χ4n) is 4.10. The first-order chi connectivity index (χ1) is 15.4. The second-order valence-corrected chi connectivity index (χ2v) is 9.27. The van der Waals surface area contributed by atoms with Gasteiger partial charge in [0.05, 0.1) is 10.6 Å². The Balaban J connectivity index is 1.91. The summed E-state index contributed by atoms with van der Waals surface area (Å²) in [6, 6.07) is 3.25. The van der Waals surface area contributed by atoms with Crippen LogP contribution in [0.1, 0.15) is 77.7 Å². The van der Waals surface area contributed by atoms with E-state index in [1.807, 2.05) is 0 Å². The fraction of sp³-hybridized carbons (Fsp3) is 0.522. The van der Waals surface area contributed by atoms with Crippen molar-refractivity contribution in [2.75, 3.05) is 0 Å². The standard InChI is InChI=1S/C23H31F2N5OS/c1-3-15(4-2)20-16(12-17-14-27-10-5-6-11-28-30-17)13-19(32-20)22(31)29-21-18(26)8-7-9-23(21,24)25/h5-6,10-11,13-15,18,21,30H,3-4,7-9,12,26H2,1-2H3,(H,29,31)/t18-,21?/m1/s1. The van der Waals surface area contributed by atoms with Gasteiger partial charge in [-0.25, -0.2) is 8.78 Å². The minimum absolute atomic E-state index is 0.254. The Morgan fingerprint density at radius 1 is 1.34 bits per heavy atom. The van der Waals surface area contributed by atoms with Crippen molar-refractivity contribution in [1.82, 2.24) is 20.5 Å². The Morgan fingerprint density at radius 2 is 2.09 bits per heavy atom. The van der Waals surface area contributed by atoms with Gasteiger partial charge in [-0.15, -0.1) is 11.3 Å². The molecule has 1 fully saturated rings. The van der Waals surface area contributed by atoms with Crippen LogP contribution in [0.15, 0.2) is 36.8 Å². The minimum atomic E-state index is -3.00. The number of hydrogen-bond donors (Lipinski definition) is 3. The summed E-state index contributed by atoms with van der Waals surface area (Å²) in [7, 11) is 0. The Bertz CT molecular complexity index is 931.